The van der Waals surface area contributed by atoms with Crippen LogP contribution in [0.5, 0.6) is 0 Å². The zero-order valence-electron chi connectivity index (χ0n) is 8.87. The van der Waals surface area contributed by atoms with Crippen LogP contribution in [0.1, 0.15) is 31.4 Å². The normalized spacial score (nSPS) is 17.1. The Labute approximate surface area is 89.9 Å². The zero-order chi connectivity index (χ0) is 10.5. The summed E-state index contributed by atoms with van der Waals surface area (Å²) in [6, 6.07) is 4.21. The van der Waals surface area contributed by atoms with Gasteiger partial charge in [0.1, 0.15) is 5.76 Å². The molecule has 0 atom stereocenters. The Bertz CT molecular complexity index is 299. The minimum atomic E-state index is 0.205. The highest BCUT2D eigenvalue weighted by atomic mass is 16.3. The second kappa shape index (κ2) is 5.12. The van der Waals surface area contributed by atoms with Crippen molar-refractivity contribution < 1.29 is 9.21 Å². The van der Waals surface area contributed by atoms with E-state index in [9.17, 15) is 4.79 Å². The standard InChI is InChI=1S/C12H17NO2/c14-11(8-12-6-3-7-15-12)9-13-10-4-1-2-5-10/h3,6-7,10,13H,1-2,4-5,8-9H2. The number of carbonyl (C=O) groups excluding carboxylic acids is 1. The van der Waals surface area contributed by atoms with E-state index in [2.05, 4.69) is 5.32 Å². The summed E-state index contributed by atoms with van der Waals surface area (Å²) in [4.78, 5) is 11.5. The second-order valence-corrected chi connectivity index (χ2v) is 4.16. The van der Waals surface area contributed by atoms with E-state index in [1.807, 2.05) is 12.1 Å². The van der Waals surface area contributed by atoms with Gasteiger partial charge in [-0.1, -0.05) is 12.8 Å². The molecule has 3 nitrogen and oxygen atoms in total. The molecule has 1 heterocycles. The molecule has 0 amide bonds. The maximum atomic E-state index is 11.5. The van der Waals surface area contributed by atoms with Crippen LogP contribution in [0.3, 0.4) is 0 Å². The lowest BCUT2D eigenvalue weighted by molar-refractivity contribution is -0.118. The Kier molecular flexibility index (Phi) is 3.56. The van der Waals surface area contributed by atoms with Gasteiger partial charge in [0.15, 0.2) is 5.78 Å². The van der Waals surface area contributed by atoms with Crippen LogP contribution in [-0.2, 0) is 11.2 Å². The maximum Gasteiger partial charge on any atom is 0.154 e. The fraction of sp³-hybridized carbons (Fsp3) is 0.583. The van der Waals surface area contributed by atoms with Crippen molar-refractivity contribution in [2.24, 2.45) is 0 Å². The maximum absolute atomic E-state index is 11.5. The highest BCUT2D eigenvalue weighted by molar-refractivity contribution is 5.82. The van der Waals surface area contributed by atoms with Crippen molar-refractivity contribution in [3.05, 3.63) is 24.2 Å². The molecular weight excluding hydrogens is 190 g/mol. The molecule has 0 spiro atoms. The van der Waals surface area contributed by atoms with E-state index in [0.717, 1.165) is 5.76 Å². The van der Waals surface area contributed by atoms with Crippen LogP contribution >= 0.6 is 0 Å². The molecule has 0 bridgehead atoms. The van der Waals surface area contributed by atoms with Gasteiger partial charge >= 0.3 is 0 Å². The minimum Gasteiger partial charge on any atom is -0.469 e. The van der Waals surface area contributed by atoms with Crippen molar-refractivity contribution in [2.75, 3.05) is 6.54 Å². The Balaban J connectivity index is 1.68. The summed E-state index contributed by atoms with van der Waals surface area (Å²) < 4.78 is 5.13. The third-order valence-corrected chi connectivity index (χ3v) is 2.89. The van der Waals surface area contributed by atoms with E-state index in [0.29, 0.717) is 19.0 Å². The SMILES string of the molecule is O=C(CNC1CCCC1)Cc1ccco1. The lowest BCUT2D eigenvalue weighted by Gasteiger charge is -2.09. The van der Waals surface area contributed by atoms with E-state index in [1.165, 1.54) is 25.7 Å². The lowest BCUT2D eigenvalue weighted by atomic mass is 10.2. The van der Waals surface area contributed by atoms with Gasteiger partial charge in [-0.05, 0) is 25.0 Å². The molecule has 0 unspecified atom stereocenters. The third kappa shape index (κ3) is 3.20. The van der Waals surface area contributed by atoms with Crippen LogP contribution in [0.2, 0.25) is 0 Å². The van der Waals surface area contributed by atoms with Crippen molar-refractivity contribution in [3.63, 3.8) is 0 Å². The Morgan fingerprint density at radius 3 is 2.93 bits per heavy atom. The van der Waals surface area contributed by atoms with Gasteiger partial charge in [-0.15, -0.1) is 0 Å². The fourth-order valence-electron chi connectivity index (χ4n) is 2.06. The quantitative estimate of drug-likeness (QED) is 0.802. The van der Waals surface area contributed by atoms with Crippen molar-refractivity contribution in [2.45, 2.75) is 38.1 Å². The number of nitrogens with one attached hydrogen (secondary N) is 1. The van der Waals surface area contributed by atoms with Crippen LogP contribution in [0, 0.1) is 0 Å². The summed E-state index contributed by atoms with van der Waals surface area (Å²) in [6.07, 6.45) is 7.04. The largest absolute Gasteiger partial charge is 0.469 e. The molecule has 0 aromatic carbocycles. The number of Topliss-reactive ketones (excluding diaryl/α,β-unsaturated/α-hetero) is 1. The van der Waals surface area contributed by atoms with Gasteiger partial charge in [-0.3, -0.25) is 4.79 Å². The lowest BCUT2D eigenvalue weighted by Crippen LogP contribution is -2.32. The van der Waals surface area contributed by atoms with Crippen molar-refractivity contribution in [1.82, 2.24) is 5.32 Å². The number of carbonyl (C=O) groups is 1. The fourth-order valence-corrected chi connectivity index (χ4v) is 2.06. The molecule has 1 N–H and O–H groups in total. The molecule has 15 heavy (non-hydrogen) atoms. The summed E-state index contributed by atoms with van der Waals surface area (Å²) in [5, 5.41) is 3.30. The highest BCUT2D eigenvalue weighted by Gasteiger charge is 2.15. The molecular formula is C12H17NO2. The minimum absolute atomic E-state index is 0.205. The molecule has 1 saturated carbocycles. The van der Waals surface area contributed by atoms with E-state index >= 15 is 0 Å². The van der Waals surface area contributed by atoms with Crippen molar-refractivity contribution in [3.8, 4) is 0 Å². The third-order valence-electron chi connectivity index (χ3n) is 2.89. The van der Waals surface area contributed by atoms with E-state index in [-0.39, 0.29) is 5.78 Å². The number of hydrogen-bond acceptors (Lipinski definition) is 3. The molecule has 1 aromatic rings. The van der Waals surface area contributed by atoms with Gasteiger partial charge < -0.3 is 9.73 Å². The molecule has 0 aliphatic heterocycles. The molecule has 1 aliphatic carbocycles. The first-order valence-electron chi connectivity index (χ1n) is 5.62. The van der Waals surface area contributed by atoms with Crippen LogP contribution in [-0.4, -0.2) is 18.4 Å². The number of furan rings is 1. The predicted octanol–water partition coefficient (Wildman–Crippen LogP) is 1.92. The molecule has 0 saturated heterocycles. The Morgan fingerprint density at radius 1 is 1.47 bits per heavy atom. The monoisotopic (exact) mass is 207 g/mol. The second-order valence-electron chi connectivity index (χ2n) is 4.16. The van der Waals surface area contributed by atoms with E-state index < -0.39 is 0 Å². The van der Waals surface area contributed by atoms with Crippen molar-refractivity contribution in [1.29, 1.82) is 0 Å². The van der Waals surface area contributed by atoms with Crippen LogP contribution in [0.15, 0.2) is 22.8 Å². The summed E-state index contributed by atoms with van der Waals surface area (Å²) in [5.41, 5.74) is 0. The predicted molar refractivity (Wildman–Crippen MR) is 57.7 cm³/mol. The van der Waals surface area contributed by atoms with Gasteiger partial charge in [0.2, 0.25) is 0 Å². The van der Waals surface area contributed by atoms with Gasteiger partial charge in [0.25, 0.3) is 0 Å². The summed E-state index contributed by atoms with van der Waals surface area (Å²) in [6.45, 7) is 0.478. The summed E-state index contributed by atoms with van der Waals surface area (Å²) in [7, 11) is 0. The average Bonchev–Trinajstić information content (AvgIpc) is 2.86. The molecule has 0 radical (unpaired) electrons. The van der Waals surface area contributed by atoms with Crippen molar-refractivity contribution >= 4 is 5.78 Å². The zero-order valence-corrected chi connectivity index (χ0v) is 8.87. The topological polar surface area (TPSA) is 42.2 Å². The molecule has 1 fully saturated rings. The molecule has 1 aliphatic rings. The summed E-state index contributed by atoms with van der Waals surface area (Å²) in [5.74, 6) is 0.963. The number of rotatable bonds is 5. The van der Waals surface area contributed by atoms with Gasteiger partial charge in [0, 0.05) is 6.04 Å². The molecule has 82 valence electrons. The number of ketones is 1. The van der Waals surface area contributed by atoms with Gasteiger partial charge in [0.05, 0.1) is 19.2 Å². The van der Waals surface area contributed by atoms with E-state index in [1.54, 1.807) is 6.26 Å². The van der Waals surface area contributed by atoms with E-state index in [4.69, 9.17) is 4.42 Å². The average molecular weight is 207 g/mol. The van der Waals surface area contributed by atoms with Gasteiger partial charge in [-0.25, -0.2) is 0 Å². The molecule has 3 heteroatoms. The first-order valence-corrected chi connectivity index (χ1v) is 5.62. The molecule has 2 rings (SSSR count). The van der Waals surface area contributed by atoms with Gasteiger partial charge in [-0.2, -0.15) is 0 Å². The van der Waals surface area contributed by atoms with Crippen LogP contribution < -0.4 is 5.32 Å². The Hall–Kier alpha value is -1.09. The highest BCUT2D eigenvalue weighted by Crippen LogP contribution is 2.17. The Morgan fingerprint density at radius 2 is 2.27 bits per heavy atom. The molecule has 1 aromatic heterocycles. The first-order chi connectivity index (χ1) is 7.34. The summed E-state index contributed by atoms with van der Waals surface area (Å²) >= 11 is 0. The number of hydrogen-bond donors (Lipinski definition) is 1. The van der Waals surface area contributed by atoms with Crippen LogP contribution in [0.4, 0.5) is 0 Å². The first kappa shape index (κ1) is 10.4. The smallest absolute Gasteiger partial charge is 0.154 e. The van der Waals surface area contributed by atoms with Crippen LogP contribution in [0.25, 0.3) is 0 Å².